The highest BCUT2D eigenvalue weighted by molar-refractivity contribution is 6.99. The van der Waals surface area contributed by atoms with Crippen molar-refractivity contribution in [3.8, 4) is 5.75 Å². The van der Waals surface area contributed by atoms with Crippen molar-refractivity contribution in [2.75, 3.05) is 0 Å². The molecular formula is C26H30O2Si. The second kappa shape index (κ2) is 7.81. The summed E-state index contributed by atoms with van der Waals surface area (Å²) in [6.07, 6.45) is 2.81. The lowest BCUT2D eigenvalue weighted by Crippen LogP contribution is -2.68. The molecule has 0 aliphatic heterocycles. The standard InChI is InChI=1S/C26H30O2Si/c1-26(2,3)29(22-12-6-4-7-13-22,23-14-8-5-9-15-23)28-21-18-17-20-11-10-16-25(27)24(20)19-21/h4-16,21,27H,17-19H2,1-3H3/t21-/m1/s1. The molecule has 0 heterocycles. The third-order valence-electron chi connectivity index (χ3n) is 6.18. The van der Waals surface area contributed by atoms with E-state index < -0.39 is 8.32 Å². The van der Waals surface area contributed by atoms with Crippen LogP contribution in [-0.4, -0.2) is 19.5 Å². The number of hydrogen-bond donors (Lipinski definition) is 1. The fourth-order valence-electron chi connectivity index (χ4n) is 4.78. The van der Waals surface area contributed by atoms with E-state index in [0.29, 0.717) is 5.75 Å². The Morgan fingerprint density at radius 1 is 0.828 bits per heavy atom. The van der Waals surface area contributed by atoms with Gasteiger partial charge < -0.3 is 9.53 Å². The van der Waals surface area contributed by atoms with E-state index in [0.717, 1.165) is 24.8 Å². The minimum Gasteiger partial charge on any atom is -0.508 e. The monoisotopic (exact) mass is 402 g/mol. The van der Waals surface area contributed by atoms with E-state index in [1.807, 2.05) is 6.07 Å². The largest absolute Gasteiger partial charge is 0.508 e. The first-order chi connectivity index (χ1) is 13.9. The number of fused-ring (bicyclic) bond motifs is 1. The fourth-order valence-corrected chi connectivity index (χ4v) is 9.50. The van der Waals surface area contributed by atoms with E-state index in [1.54, 1.807) is 6.07 Å². The number of rotatable bonds is 4. The van der Waals surface area contributed by atoms with Crippen molar-refractivity contribution in [1.82, 2.24) is 0 Å². The van der Waals surface area contributed by atoms with Gasteiger partial charge in [-0.2, -0.15) is 0 Å². The lowest BCUT2D eigenvalue weighted by Gasteiger charge is -2.46. The summed E-state index contributed by atoms with van der Waals surface area (Å²) >= 11 is 0. The summed E-state index contributed by atoms with van der Waals surface area (Å²) in [6.45, 7) is 6.94. The van der Waals surface area contributed by atoms with Crippen LogP contribution in [0.4, 0.5) is 0 Å². The number of aromatic hydroxyl groups is 1. The second-order valence-electron chi connectivity index (χ2n) is 9.06. The van der Waals surface area contributed by atoms with E-state index in [-0.39, 0.29) is 11.1 Å². The molecule has 0 aromatic heterocycles. The van der Waals surface area contributed by atoms with Crippen LogP contribution in [0.15, 0.2) is 78.9 Å². The van der Waals surface area contributed by atoms with Gasteiger partial charge in [0.25, 0.3) is 8.32 Å². The third-order valence-corrected chi connectivity index (χ3v) is 11.3. The Kier molecular flexibility index (Phi) is 5.37. The molecule has 0 spiro atoms. The van der Waals surface area contributed by atoms with E-state index in [4.69, 9.17) is 4.43 Å². The summed E-state index contributed by atoms with van der Waals surface area (Å²) in [5, 5.41) is 13.0. The Balaban J connectivity index is 1.81. The number of phenolic OH excluding ortho intramolecular Hbond substituents is 1. The normalized spacial score (nSPS) is 17.0. The van der Waals surface area contributed by atoms with Crippen molar-refractivity contribution in [1.29, 1.82) is 0 Å². The first-order valence-electron chi connectivity index (χ1n) is 10.5. The highest BCUT2D eigenvalue weighted by Gasteiger charge is 2.51. The molecule has 0 amide bonds. The molecule has 1 aliphatic carbocycles. The van der Waals surface area contributed by atoms with Crippen LogP contribution in [-0.2, 0) is 17.3 Å². The number of aryl methyl sites for hydroxylation is 1. The molecule has 0 saturated heterocycles. The smallest absolute Gasteiger partial charge is 0.261 e. The molecule has 4 rings (SSSR count). The molecule has 0 unspecified atom stereocenters. The van der Waals surface area contributed by atoms with Gasteiger partial charge in [0.2, 0.25) is 0 Å². The van der Waals surface area contributed by atoms with Crippen LogP contribution in [0.25, 0.3) is 0 Å². The van der Waals surface area contributed by atoms with Gasteiger partial charge in [0.15, 0.2) is 0 Å². The lowest BCUT2D eigenvalue weighted by atomic mass is 9.89. The number of phenols is 1. The fraction of sp³-hybridized carbons (Fsp3) is 0.308. The Hall–Kier alpha value is -2.36. The van der Waals surface area contributed by atoms with Gasteiger partial charge in [0.05, 0.1) is 6.10 Å². The molecule has 3 heteroatoms. The van der Waals surface area contributed by atoms with Crippen molar-refractivity contribution in [2.24, 2.45) is 0 Å². The number of benzene rings is 3. The average molecular weight is 403 g/mol. The van der Waals surface area contributed by atoms with Crippen molar-refractivity contribution in [3.63, 3.8) is 0 Å². The van der Waals surface area contributed by atoms with Gasteiger partial charge in [-0.3, -0.25) is 0 Å². The van der Waals surface area contributed by atoms with E-state index in [2.05, 4.69) is 87.5 Å². The highest BCUT2D eigenvalue weighted by Crippen LogP contribution is 2.40. The van der Waals surface area contributed by atoms with Crippen molar-refractivity contribution in [3.05, 3.63) is 90.0 Å². The predicted octanol–water partition coefficient (Wildman–Crippen LogP) is 4.83. The maximum Gasteiger partial charge on any atom is 0.261 e. The van der Waals surface area contributed by atoms with Crippen LogP contribution < -0.4 is 10.4 Å². The molecule has 29 heavy (non-hydrogen) atoms. The Bertz CT molecular complexity index is 922. The molecule has 1 atom stereocenters. The van der Waals surface area contributed by atoms with Crippen LogP contribution in [0.2, 0.25) is 5.04 Å². The molecule has 3 aromatic rings. The van der Waals surface area contributed by atoms with Crippen LogP contribution in [0.5, 0.6) is 5.75 Å². The van der Waals surface area contributed by atoms with Crippen molar-refractivity contribution in [2.45, 2.75) is 51.2 Å². The zero-order valence-electron chi connectivity index (χ0n) is 17.6. The molecule has 0 bridgehead atoms. The molecule has 3 aromatic carbocycles. The van der Waals surface area contributed by atoms with Crippen LogP contribution in [0.1, 0.15) is 38.3 Å². The van der Waals surface area contributed by atoms with Gasteiger partial charge in [-0.25, -0.2) is 0 Å². The molecule has 0 fully saturated rings. The van der Waals surface area contributed by atoms with E-state index in [9.17, 15) is 5.11 Å². The number of hydrogen-bond acceptors (Lipinski definition) is 2. The SMILES string of the molecule is CC(C)(C)[Si](O[C@@H]1CCc2cccc(O)c2C1)(c1ccccc1)c1ccccc1. The van der Waals surface area contributed by atoms with Crippen LogP contribution in [0.3, 0.4) is 0 Å². The summed E-state index contributed by atoms with van der Waals surface area (Å²) in [5.41, 5.74) is 2.31. The third kappa shape index (κ3) is 3.65. The van der Waals surface area contributed by atoms with Gasteiger partial charge in [-0.1, -0.05) is 93.6 Å². The summed E-state index contributed by atoms with van der Waals surface area (Å²) in [4.78, 5) is 0. The molecule has 0 radical (unpaired) electrons. The minimum atomic E-state index is -2.56. The average Bonchev–Trinajstić information content (AvgIpc) is 2.73. The van der Waals surface area contributed by atoms with Gasteiger partial charge in [-0.15, -0.1) is 0 Å². The molecule has 0 saturated carbocycles. The topological polar surface area (TPSA) is 29.5 Å². The first kappa shape index (κ1) is 19.9. The van der Waals surface area contributed by atoms with E-state index >= 15 is 0 Å². The highest BCUT2D eigenvalue weighted by atomic mass is 28.4. The van der Waals surface area contributed by atoms with Gasteiger partial charge in [0, 0.05) is 6.42 Å². The minimum absolute atomic E-state index is 0.0330. The van der Waals surface area contributed by atoms with Crippen LogP contribution >= 0.6 is 0 Å². The molecule has 1 aliphatic rings. The quantitative estimate of drug-likeness (QED) is 0.634. The maximum atomic E-state index is 10.4. The zero-order valence-corrected chi connectivity index (χ0v) is 18.6. The first-order valence-corrected chi connectivity index (χ1v) is 12.4. The maximum absolute atomic E-state index is 10.4. The Morgan fingerprint density at radius 3 is 1.97 bits per heavy atom. The lowest BCUT2D eigenvalue weighted by molar-refractivity contribution is 0.170. The van der Waals surface area contributed by atoms with Crippen LogP contribution in [0, 0.1) is 0 Å². The van der Waals surface area contributed by atoms with Gasteiger partial charge in [0.1, 0.15) is 5.75 Å². The summed E-state index contributed by atoms with van der Waals surface area (Å²) in [5.74, 6) is 0.401. The summed E-state index contributed by atoms with van der Waals surface area (Å²) < 4.78 is 7.26. The zero-order chi connectivity index (χ0) is 20.5. The predicted molar refractivity (Wildman–Crippen MR) is 123 cm³/mol. The van der Waals surface area contributed by atoms with Crippen molar-refractivity contribution < 1.29 is 9.53 Å². The van der Waals surface area contributed by atoms with Gasteiger partial charge >= 0.3 is 0 Å². The molecule has 1 N–H and O–H groups in total. The Morgan fingerprint density at radius 2 is 1.41 bits per heavy atom. The Labute approximate surface area is 175 Å². The molecule has 2 nitrogen and oxygen atoms in total. The summed E-state index contributed by atoms with van der Waals surface area (Å²) in [6, 6.07) is 27.4. The molecule has 150 valence electrons. The molecular weight excluding hydrogens is 372 g/mol. The van der Waals surface area contributed by atoms with Gasteiger partial charge in [-0.05, 0) is 45.4 Å². The summed E-state index contributed by atoms with van der Waals surface area (Å²) in [7, 11) is -2.56. The van der Waals surface area contributed by atoms with E-state index in [1.165, 1.54) is 15.9 Å². The second-order valence-corrected chi connectivity index (χ2v) is 13.3. The van der Waals surface area contributed by atoms with Crippen molar-refractivity contribution >= 4 is 18.7 Å².